The highest BCUT2D eigenvalue weighted by Crippen LogP contribution is 2.45. The van der Waals surface area contributed by atoms with Crippen LogP contribution in [0.5, 0.6) is 0 Å². The third-order valence-corrected chi connectivity index (χ3v) is 7.67. The van der Waals surface area contributed by atoms with E-state index >= 15 is 0 Å². The molecule has 0 bridgehead atoms. The van der Waals surface area contributed by atoms with Gasteiger partial charge in [-0.1, -0.05) is 72.5 Å². The molecule has 0 aliphatic heterocycles. The molecule has 6 heteroatoms. The summed E-state index contributed by atoms with van der Waals surface area (Å²) in [6.45, 7) is 0. The topological polar surface area (TPSA) is 55.5 Å². The van der Waals surface area contributed by atoms with Crippen molar-refractivity contribution in [2.24, 2.45) is 4.76 Å². The first-order valence-electron chi connectivity index (χ1n) is 7.61. The van der Waals surface area contributed by atoms with Gasteiger partial charge < -0.3 is 0 Å². The van der Waals surface area contributed by atoms with E-state index in [1.165, 1.54) is 12.1 Å². The number of nitrogens with zero attached hydrogens (tertiary/aromatic N) is 2. The molecule has 4 nitrogen and oxygen atoms in total. The van der Waals surface area contributed by atoms with Crippen LogP contribution in [0.2, 0.25) is 0 Å². The van der Waals surface area contributed by atoms with Gasteiger partial charge in [-0.2, -0.15) is 0 Å². The fourth-order valence-corrected chi connectivity index (χ4v) is 5.26. The van der Waals surface area contributed by atoms with Crippen molar-refractivity contribution >= 4 is 40.5 Å². The van der Waals surface area contributed by atoms with Crippen LogP contribution in [0.1, 0.15) is 5.56 Å². The Morgan fingerprint density at radius 3 is 1.76 bits per heavy atom. The Hall–Kier alpha value is -2.62. The molecular formula is C19H15N2O2PS. The molecule has 3 rings (SSSR count). The second-order valence-electron chi connectivity index (χ2n) is 5.34. The standard InChI is InChI=1S/C19H15N2O2PS/c22-21(23)17-13-11-16(12-14-17)15-20-24(25,18-7-3-1-4-8-18)19-9-5-2-6-10-19/h1-15H/b20-15+. The third kappa shape index (κ3) is 3.90. The maximum atomic E-state index is 10.8. The molecule has 0 aliphatic carbocycles. The van der Waals surface area contributed by atoms with Crippen molar-refractivity contribution in [1.82, 2.24) is 0 Å². The maximum absolute atomic E-state index is 10.8. The first kappa shape index (κ1) is 17.2. The molecule has 0 aromatic heterocycles. The summed E-state index contributed by atoms with van der Waals surface area (Å²) in [5.74, 6) is 0. The van der Waals surface area contributed by atoms with E-state index in [0.29, 0.717) is 0 Å². The normalized spacial score (nSPS) is 11.5. The maximum Gasteiger partial charge on any atom is 0.269 e. The Morgan fingerprint density at radius 2 is 1.32 bits per heavy atom. The van der Waals surface area contributed by atoms with Crippen molar-refractivity contribution in [1.29, 1.82) is 0 Å². The molecule has 3 aromatic rings. The van der Waals surface area contributed by atoms with Gasteiger partial charge in [-0.25, -0.2) is 0 Å². The van der Waals surface area contributed by atoms with Crippen molar-refractivity contribution in [2.45, 2.75) is 0 Å². The van der Waals surface area contributed by atoms with Crippen molar-refractivity contribution in [3.8, 4) is 0 Å². The van der Waals surface area contributed by atoms with Gasteiger partial charge in [0.15, 0.2) is 0 Å². The Morgan fingerprint density at radius 1 is 0.840 bits per heavy atom. The fraction of sp³-hybridized carbons (Fsp3) is 0. The highest BCUT2D eigenvalue weighted by Gasteiger charge is 2.20. The molecule has 0 amide bonds. The van der Waals surface area contributed by atoms with E-state index in [4.69, 9.17) is 16.6 Å². The molecule has 0 saturated carbocycles. The van der Waals surface area contributed by atoms with Gasteiger partial charge in [0.1, 0.15) is 6.19 Å². The van der Waals surface area contributed by atoms with E-state index in [2.05, 4.69) is 0 Å². The molecule has 3 aromatic carbocycles. The van der Waals surface area contributed by atoms with Crippen LogP contribution in [0, 0.1) is 10.1 Å². The Kier molecular flexibility index (Phi) is 5.17. The van der Waals surface area contributed by atoms with Crippen LogP contribution < -0.4 is 10.6 Å². The number of nitro groups is 1. The SMILES string of the molecule is O=[N+]([O-])c1ccc(/C=N/P(=S)(c2ccccc2)c2ccccc2)cc1. The van der Waals surface area contributed by atoms with Gasteiger partial charge in [-0.15, -0.1) is 0 Å². The van der Waals surface area contributed by atoms with Crippen LogP contribution in [-0.4, -0.2) is 11.1 Å². The second-order valence-corrected chi connectivity index (χ2v) is 9.34. The van der Waals surface area contributed by atoms with Crippen LogP contribution >= 0.6 is 6.19 Å². The van der Waals surface area contributed by atoms with Crippen molar-refractivity contribution in [3.63, 3.8) is 0 Å². The second kappa shape index (κ2) is 7.51. The predicted molar refractivity (Wildman–Crippen MR) is 107 cm³/mol. The van der Waals surface area contributed by atoms with Crippen molar-refractivity contribution in [3.05, 3.63) is 101 Å². The summed E-state index contributed by atoms with van der Waals surface area (Å²) < 4.78 is 4.77. The summed E-state index contributed by atoms with van der Waals surface area (Å²) >= 11 is 6.01. The van der Waals surface area contributed by atoms with Crippen LogP contribution in [0.3, 0.4) is 0 Å². The lowest BCUT2D eigenvalue weighted by Gasteiger charge is -2.18. The van der Waals surface area contributed by atoms with Gasteiger partial charge in [-0.05, 0) is 17.7 Å². The number of hydrogen-bond acceptors (Lipinski definition) is 3. The minimum Gasteiger partial charge on any atom is -0.258 e. The summed E-state index contributed by atoms with van der Waals surface area (Å²) in [7, 11) is 0. The van der Waals surface area contributed by atoms with Gasteiger partial charge in [0.2, 0.25) is 0 Å². The number of hydrogen-bond donors (Lipinski definition) is 0. The highest BCUT2D eigenvalue weighted by atomic mass is 32.4. The molecule has 0 spiro atoms. The summed E-state index contributed by atoms with van der Waals surface area (Å²) in [6.07, 6.45) is -0.639. The lowest BCUT2D eigenvalue weighted by atomic mass is 10.2. The number of benzene rings is 3. The number of non-ortho nitro benzene ring substituents is 1. The largest absolute Gasteiger partial charge is 0.269 e. The highest BCUT2D eigenvalue weighted by molar-refractivity contribution is 8.21. The van der Waals surface area contributed by atoms with E-state index < -0.39 is 11.1 Å². The summed E-state index contributed by atoms with van der Waals surface area (Å²) in [4.78, 5) is 10.3. The van der Waals surface area contributed by atoms with Gasteiger partial charge in [0, 0.05) is 29.0 Å². The van der Waals surface area contributed by atoms with Gasteiger partial charge >= 0.3 is 0 Å². The van der Waals surface area contributed by atoms with Crippen LogP contribution in [-0.2, 0) is 11.8 Å². The van der Waals surface area contributed by atoms with E-state index in [9.17, 15) is 10.1 Å². The first-order chi connectivity index (χ1) is 12.1. The van der Waals surface area contributed by atoms with E-state index in [1.807, 2.05) is 60.7 Å². The van der Waals surface area contributed by atoms with E-state index in [-0.39, 0.29) is 5.69 Å². The Balaban J connectivity index is 2.01. The average Bonchev–Trinajstić information content (AvgIpc) is 2.68. The molecule has 0 saturated heterocycles. The molecule has 0 radical (unpaired) electrons. The van der Waals surface area contributed by atoms with Crippen LogP contribution in [0.4, 0.5) is 5.69 Å². The minimum absolute atomic E-state index is 0.0581. The first-order valence-corrected chi connectivity index (χ1v) is 10.4. The minimum atomic E-state index is -2.35. The van der Waals surface area contributed by atoms with Crippen LogP contribution in [0.15, 0.2) is 89.7 Å². The zero-order chi connectivity index (χ0) is 17.7. The Labute approximate surface area is 151 Å². The van der Waals surface area contributed by atoms with Crippen molar-refractivity contribution < 1.29 is 4.92 Å². The summed E-state index contributed by atoms with van der Waals surface area (Å²) in [5.41, 5.74) is 0.842. The van der Waals surface area contributed by atoms with E-state index in [0.717, 1.165) is 16.2 Å². The smallest absolute Gasteiger partial charge is 0.258 e. The number of rotatable bonds is 5. The zero-order valence-electron chi connectivity index (χ0n) is 13.2. The molecule has 0 heterocycles. The molecule has 25 heavy (non-hydrogen) atoms. The lowest BCUT2D eigenvalue weighted by molar-refractivity contribution is -0.384. The third-order valence-electron chi connectivity index (χ3n) is 3.69. The quantitative estimate of drug-likeness (QED) is 0.296. The predicted octanol–water partition coefficient (Wildman–Crippen LogP) is 4.06. The number of nitro benzene ring substituents is 1. The molecule has 0 fully saturated rings. The average molecular weight is 366 g/mol. The fourth-order valence-electron chi connectivity index (χ4n) is 2.37. The summed E-state index contributed by atoms with van der Waals surface area (Å²) in [5, 5.41) is 12.8. The zero-order valence-corrected chi connectivity index (χ0v) is 14.9. The molecule has 0 N–H and O–H groups in total. The Bertz CT molecular complexity index is 899. The summed E-state index contributed by atoms with van der Waals surface area (Å²) in [6, 6.07) is 26.0. The molecular weight excluding hydrogens is 351 g/mol. The van der Waals surface area contributed by atoms with Gasteiger partial charge in [0.25, 0.3) is 5.69 Å². The lowest BCUT2D eigenvalue weighted by Crippen LogP contribution is -2.14. The monoisotopic (exact) mass is 366 g/mol. The molecule has 124 valence electrons. The molecule has 0 unspecified atom stereocenters. The van der Waals surface area contributed by atoms with Gasteiger partial charge in [0.05, 0.1) is 4.92 Å². The van der Waals surface area contributed by atoms with Crippen LogP contribution in [0.25, 0.3) is 0 Å². The molecule has 0 atom stereocenters. The van der Waals surface area contributed by atoms with E-state index in [1.54, 1.807) is 18.3 Å². The van der Waals surface area contributed by atoms with Crippen molar-refractivity contribution in [2.75, 3.05) is 0 Å². The van der Waals surface area contributed by atoms with Gasteiger partial charge in [-0.3, -0.25) is 14.9 Å². The molecule has 0 aliphatic rings.